The van der Waals surface area contributed by atoms with Crippen LogP contribution in [0.3, 0.4) is 0 Å². The summed E-state index contributed by atoms with van der Waals surface area (Å²) in [5, 5.41) is 2.67. The van der Waals surface area contributed by atoms with E-state index in [1.54, 1.807) is 6.20 Å². The van der Waals surface area contributed by atoms with Crippen molar-refractivity contribution in [1.29, 1.82) is 0 Å². The molecule has 0 aliphatic heterocycles. The number of hydrogen-bond acceptors (Lipinski definition) is 4. The molecule has 3 rings (SSSR count). The molecule has 2 aromatic carbocycles. The number of ether oxygens (including phenoxy) is 1. The minimum atomic E-state index is 0.374. The van der Waals surface area contributed by atoms with E-state index in [1.807, 2.05) is 48.5 Å². The molecule has 0 saturated heterocycles. The molecule has 0 fully saturated rings. The molecule has 4 nitrogen and oxygen atoms in total. The lowest BCUT2D eigenvalue weighted by Gasteiger charge is -2.12. The first-order valence-electron chi connectivity index (χ1n) is 6.50. The molecule has 0 radical (unpaired) electrons. The average molecular weight is 300 g/mol. The summed E-state index contributed by atoms with van der Waals surface area (Å²) in [4.78, 5) is 4.15. The Morgan fingerprint density at radius 3 is 2.67 bits per heavy atom. The van der Waals surface area contributed by atoms with E-state index >= 15 is 0 Å². The fourth-order valence-electron chi connectivity index (χ4n) is 2.20. The number of nitrogens with zero attached hydrogens (tertiary/aromatic N) is 1. The van der Waals surface area contributed by atoms with E-state index in [-0.39, 0.29) is 0 Å². The third-order valence-electron chi connectivity index (χ3n) is 3.24. The quantitative estimate of drug-likeness (QED) is 0.569. The van der Waals surface area contributed by atoms with Gasteiger partial charge in [-0.15, -0.1) is 0 Å². The van der Waals surface area contributed by atoms with Crippen molar-refractivity contribution in [1.82, 2.24) is 4.98 Å². The lowest BCUT2D eigenvalue weighted by Crippen LogP contribution is -2.12. The SMILES string of the molecule is NNc1ncccc1COc1ccc(Cl)c2ccccc12. The van der Waals surface area contributed by atoms with Gasteiger partial charge in [0.1, 0.15) is 18.2 Å². The number of fused-ring (bicyclic) bond motifs is 1. The Bertz CT molecular complexity index is 776. The number of hydrazine groups is 1. The van der Waals surface area contributed by atoms with Crippen molar-refractivity contribution >= 4 is 28.2 Å². The zero-order valence-corrected chi connectivity index (χ0v) is 12.0. The summed E-state index contributed by atoms with van der Waals surface area (Å²) < 4.78 is 5.91. The second-order valence-electron chi connectivity index (χ2n) is 4.54. The highest BCUT2D eigenvalue weighted by Crippen LogP contribution is 2.31. The number of hydrogen-bond donors (Lipinski definition) is 2. The van der Waals surface area contributed by atoms with E-state index < -0.39 is 0 Å². The second kappa shape index (κ2) is 5.99. The summed E-state index contributed by atoms with van der Waals surface area (Å²) in [6, 6.07) is 15.3. The zero-order valence-electron chi connectivity index (χ0n) is 11.2. The first kappa shape index (κ1) is 13.7. The lowest BCUT2D eigenvalue weighted by atomic mass is 10.1. The first-order valence-corrected chi connectivity index (χ1v) is 6.88. The highest BCUT2D eigenvalue weighted by Gasteiger charge is 2.07. The van der Waals surface area contributed by atoms with Crippen molar-refractivity contribution in [3.63, 3.8) is 0 Å². The van der Waals surface area contributed by atoms with Gasteiger partial charge in [0.2, 0.25) is 0 Å². The highest BCUT2D eigenvalue weighted by molar-refractivity contribution is 6.35. The Morgan fingerprint density at radius 2 is 1.86 bits per heavy atom. The third-order valence-corrected chi connectivity index (χ3v) is 3.57. The smallest absolute Gasteiger partial charge is 0.146 e. The molecule has 21 heavy (non-hydrogen) atoms. The fraction of sp³-hybridized carbons (Fsp3) is 0.0625. The van der Waals surface area contributed by atoms with Crippen LogP contribution in [0.5, 0.6) is 5.75 Å². The van der Waals surface area contributed by atoms with Crippen molar-refractivity contribution in [2.75, 3.05) is 5.43 Å². The van der Waals surface area contributed by atoms with Crippen LogP contribution in [0.2, 0.25) is 5.02 Å². The monoisotopic (exact) mass is 299 g/mol. The average Bonchev–Trinajstić information content (AvgIpc) is 2.55. The van der Waals surface area contributed by atoms with Crippen molar-refractivity contribution in [2.45, 2.75) is 6.61 Å². The van der Waals surface area contributed by atoms with Gasteiger partial charge >= 0.3 is 0 Å². The number of aromatic nitrogens is 1. The normalized spacial score (nSPS) is 10.6. The molecule has 0 atom stereocenters. The maximum absolute atomic E-state index is 6.20. The molecule has 0 saturated carbocycles. The van der Waals surface area contributed by atoms with Gasteiger partial charge in [0.05, 0.1) is 0 Å². The van der Waals surface area contributed by atoms with Gasteiger partial charge in [-0.2, -0.15) is 0 Å². The van der Waals surface area contributed by atoms with Crippen molar-refractivity contribution < 1.29 is 4.74 Å². The largest absolute Gasteiger partial charge is 0.488 e. The number of nitrogen functional groups attached to an aromatic ring is 1. The molecule has 0 aliphatic rings. The van der Waals surface area contributed by atoms with Gasteiger partial charge in [0, 0.05) is 27.6 Å². The van der Waals surface area contributed by atoms with Crippen LogP contribution in [0.4, 0.5) is 5.82 Å². The van der Waals surface area contributed by atoms with Crippen molar-refractivity contribution in [2.24, 2.45) is 5.84 Å². The van der Waals surface area contributed by atoms with Gasteiger partial charge < -0.3 is 10.2 Å². The number of halogens is 1. The van der Waals surface area contributed by atoms with E-state index in [0.29, 0.717) is 17.4 Å². The van der Waals surface area contributed by atoms with Gasteiger partial charge in [-0.1, -0.05) is 41.9 Å². The molecule has 0 bridgehead atoms. The Labute approximate surface area is 127 Å². The molecule has 1 aromatic heterocycles. The Balaban J connectivity index is 1.91. The Morgan fingerprint density at radius 1 is 1.05 bits per heavy atom. The highest BCUT2D eigenvalue weighted by atomic mass is 35.5. The molecule has 0 aliphatic carbocycles. The molecular formula is C16H14ClN3O. The van der Waals surface area contributed by atoms with Crippen LogP contribution >= 0.6 is 11.6 Å². The van der Waals surface area contributed by atoms with Crippen LogP contribution < -0.4 is 16.0 Å². The van der Waals surface area contributed by atoms with E-state index in [2.05, 4.69) is 10.4 Å². The molecule has 106 valence electrons. The number of nitrogens with one attached hydrogen (secondary N) is 1. The molecule has 3 aromatic rings. The summed E-state index contributed by atoms with van der Waals surface area (Å²) >= 11 is 6.20. The van der Waals surface area contributed by atoms with Crippen molar-refractivity contribution in [3.8, 4) is 5.75 Å². The van der Waals surface area contributed by atoms with E-state index in [0.717, 1.165) is 22.1 Å². The minimum Gasteiger partial charge on any atom is -0.488 e. The maximum Gasteiger partial charge on any atom is 0.146 e. The molecule has 5 heteroatoms. The third kappa shape index (κ3) is 2.77. The number of rotatable bonds is 4. The van der Waals surface area contributed by atoms with Gasteiger partial charge in [-0.3, -0.25) is 0 Å². The summed E-state index contributed by atoms with van der Waals surface area (Å²) in [5.74, 6) is 6.83. The molecule has 0 spiro atoms. The topological polar surface area (TPSA) is 60.2 Å². The van der Waals surface area contributed by atoms with E-state index in [4.69, 9.17) is 22.2 Å². The predicted molar refractivity (Wildman–Crippen MR) is 85.3 cm³/mol. The summed E-state index contributed by atoms with van der Waals surface area (Å²) in [6.07, 6.45) is 1.68. The second-order valence-corrected chi connectivity index (χ2v) is 4.94. The standard InChI is InChI=1S/C16H14ClN3O/c17-14-7-8-15(13-6-2-1-5-12(13)14)21-10-11-4-3-9-19-16(11)20-18/h1-9H,10,18H2,(H,19,20). The van der Waals surface area contributed by atoms with Crippen molar-refractivity contribution in [3.05, 3.63) is 65.3 Å². The number of anilines is 1. The van der Waals surface area contributed by atoms with E-state index in [1.165, 1.54) is 0 Å². The molecular weight excluding hydrogens is 286 g/mol. The summed E-state index contributed by atoms with van der Waals surface area (Å²) in [5.41, 5.74) is 3.45. The van der Waals surface area contributed by atoms with Crippen LogP contribution in [-0.4, -0.2) is 4.98 Å². The summed E-state index contributed by atoms with van der Waals surface area (Å²) in [6.45, 7) is 0.374. The number of nitrogens with two attached hydrogens (primary N) is 1. The van der Waals surface area contributed by atoms with E-state index in [9.17, 15) is 0 Å². The number of pyridine rings is 1. The zero-order chi connectivity index (χ0) is 14.7. The molecule has 3 N–H and O–H groups in total. The van der Waals surface area contributed by atoms with Gasteiger partial charge in [0.25, 0.3) is 0 Å². The molecule has 1 heterocycles. The fourth-order valence-corrected chi connectivity index (χ4v) is 2.43. The predicted octanol–water partition coefficient (Wildman–Crippen LogP) is 3.75. The van der Waals surface area contributed by atoms with Crippen LogP contribution in [-0.2, 0) is 6.61 Å². The van der Waals surface area contributed by atoms with Crippen LogP contribution in [0.15, 0.2) is 54.7 Å². The molecule has 0 amide bonds. The van der Waals surface area contributed by atoms with Gasteiger partial charge in [0.15, 0.2) is 0 Å². The van der Waals surface area contributed by atoms with Crippen LogP contribution in [0.25, 0.3) is 10.8 Å². The summed E-state index contributed by atoms with van der Waals surface area (Å²) in [7, 11) is 0. The maximum atomic E-state index is 6.20. The minimum absolute atomic E-state index is 0.374. The van der Waals surface area contributed by atoms with Crippen LogP contribution in [0.1, 0.15) is 5.56 Å². The lowest BCUT2D eigenvalue weighted by molar-refractivity contribution is 0.310. The van der Waals surface area contributed by atoms with Crippen LogP contribution in [0, 0.1) is 0 Å². The first-order chi connectivity index (χ1) is 10.3. The molecule has 0 unspecified atom stereocenters. The Kier molecular flexibility index (Phi) is 3.90. The van der Waals surface area contributed by atoms with Gasteiger partial charge in [-0.05, 0) is 18.2 Å². The Hall–Kier alpha value is -2.30. The number of benzene rings is 2. The van der Waals surface area contributed by atoms with Gasteiger partial charge in [-0.25, -0.2) is 10.8 Å².